The van der Waals surface area contributed by atoms with E-state index in [1.54, 1.807) is 0 Å². The summed E-state index contributed by atoms with van der Waals surface area (Å²) in [5.41, 5.74) is -0.330. The van der Waals surface area contributed by atoms with Gasteiger partial charge in [0.1, 0.15) is 16.3 Å². The molecule has 0 aliphatic rings. The van der Waals surface area contributed by atoms with E-state index < -0.39 is 16.0 Å². The smallest absolute Gasteiger partial charge is 0.340 e. The number of benzene rings is 1. The topological polar surface area (TPSA) is 111 Å². The third-order valence-electron chi connectivity index (χ3n) is 3.10. The Hall–Kier alpha value is -2.55. The number of rotatable bonds is 5. The molecule has 0 saturated carbocycles. The van der Waals surface area contributed by atoms with E-state index in [1.165, 1.54) is 35.3 Å². The Bertz CT molecular complexity index is 827. The number of sulfonamides is 1. The quantitative estimate of drug-likeness (QED) is 0.634. The van der Waals surface area contributed by atoms with Crippen molar-refractivity contribution in [1.82, 2.24) is 9.78 Å². The number of aromatic hydroxyl groups is 1. The highest BCUT2D eigenvalue weighted by Crippen LogP contribution is 2.30. The molecule has 0 saturated heterocycles. The molecular formula is C14H17N3O5S. The number of nitrogens with zero attached hydrogens (tertiary/aromatic N) is 2. The van der Waals surface area contributed by atoms with Crippen LogP contribution in [0, 0.1) is 0 Å². The molecule has 1 aromatic heterocycles. The molecule has 0 amide bonds. The molecule has 1 aromatic carbocycles. The number of phenolic OH excluding ortho intramolecular Hbond substituents is 1. The predicted molar refractivity (Wildman–Crippen MR) is 82.9 cm³/mol. The number of phenols is 1. The molecule has 9 heteroatoms. The molecule has 2 rings (SSSR count). The van der Waals surface area contributed by atoms with Gasteiger partial charge in [0.2, 0.25) is 0 Å². The minimum absolute atomic E-state index is 0.00490. The maximum absolute atomic E-state index is 12.4. The van der Waals surface area contributed by atoms with E-state index in [-0.39, 0.29) is 27.9 Å². The number of para-hydroxylation sites is 1. The highest BCUT2D eigenvalue weighted by Gasteiger charge is 2.23. The molecule has 0 bridgehead atoms. The summed E-state index contributed by atoms with van der Waals surface area (Å²) in [5.74, 6) is -1.15. The maximum atomic E-state index is 12.4. The second kappa shape index (κ2) is 6.29. The van der Waals surface area contributed by atoms with Crippen molar-refractivity contribution in [2.24, 2.45) is 0 Å². The van der Waals surface area contributed by atoms with Gasteiger partial charge in [0.25, 0.3) is 10.0 Å². The standard InChI is InChI=1S/C14H17N3O5S/c1-9(2)17-8-10(7-15-17)23(20,21)16-13-11(14(19)22-3)5-4-6-12(13)18/h4-9,16,18H,1-3H3. The minimum atomic E-state index is -4.01. The van der Waals surface area contributed by atoms with Crippen molar-refractivity contribution < 1.29 is 23.1 Å². The van der Waals surface area contributed by atoms with Crippen LogP contribution in [0.2, 0.25) is 0 Å². The van der Waals surface area contributed by atoms with Crippen LogP contribution < -0.4 is 4.72 Å². The molecule has 0 spiro atoms. The fourth-order valence-corrected chi connectivity index (χ4v) is 2.90. The number of nitrogens with one attached hydrogen (secondary N) is 1. The van der Waals surface area contributed by atoms with E-state index in [0.29, 0.717) is 0 Å². The normalized spacial score (nSPS) is 11.5. The molecule has 0 aliphatic carbocycles. The van der Waals surface area contributed by atoms with Gasteiger partial charge in [0, 0.05) is 12.2 Å². The molecule has 2 aromatic rings. The molecule has 124 valence electrons. The second-order valence-electron chi connectivity index (χ2n) is 5.05. The van der Waals surface area contributed by atoms with Crippen LogP contribution in [0.25, 0.3) is 0 Å². The van der Waals surface area contributed by atoms with Crippen LogP contribution >= 0.6 is 0 Å². The zero-order valence-corrected chi connectivity index (χ0v) is 13.7. The summed E-state index contributed by atoms with van der Waals surface area (Å²) in [6.45, 7) is 3.71. The van der Waals surface area contributed by atoms with Crippen molar-refractivity contribution in [3.05, 3.63) is 36.2 Å². The summed E-state index contributed by atoms with van der Waals surface area (Å²) in [7, 11) is -2.85. The second-order valence-corrected chi connectivity index (χ2v) is 6.73. The molecule has 23 heavy (non-hydrogen) atoms. The molecular weight excluding hydrogens is 322 g/mol. The van der Waals surface area contributed by atoms with Gasteiger partial charge in [0.15, 0.2) is 0 Å². The van der Waals surface area contributed by atoms with Gasteiger partial charge in [-0.1, -0.05) is 6.07 Å². The Morgan fingerprint density at radius 2 is 2.09 bits per heavy atom. The molecule has 8 nitrogen and oxygen atoms in total. The van der Waals surface area contributed by atoms with Gasteiger partial charge < -0.3 is 9.84 Å². The van der Waals surface area contributed by atoms with Crippen LogP contribution in [0.15, 0.2) is 35.5 Å². The van der Waals surface area contributed by atoms with Gasteiger partial charge in [-0.05, 0) is 26.0 Å². The molecule has 0 radical (unpaired) electrons. The van der Waals surface area contributed by atoms with Crippen LogP contribution in [0.5, 0.6) is 5.75 Å². The van der Waals surface area contributed by atoms with Gasteiger partial charge in [-0.25, -0.2) is 13.2 Å². The van der Waals surface area contributed by atoms with Crippen LogP contribution in [0.4, 0.5) is 5.69 Å². The number of methoxy groups -OCH3 is 1. The van der Waals surface area contributed by atoms with Crippen molar-refractivity contribution in [1.29, 1.82) is 0 Å². The first-order chi connectivity index (χ1) is 10.8. The third kappa shape index (κ3) is 3.45. The Morgan fingerprint density at radius 1 is 1.39 bits per heavy atom. The van der Waals surface area contributed by atoms with E-state index in [4.69, 9.17) is 0 Å². The first kappa shape index (κ1) is 16.8. The Morgan fingerprint density at radius 3 is 2.65 bits per heavy atom. The highest BCUT2D eigenvalue weighted by molar-refractivity contribution is 7.92. The van der Waals surface area contributed by atoms with E-state index in [9.17, 15) is 18.3 Å². The van der Waals surface area contributed by atoms with Crippen molar-refractivity contribution in [3.8, 4) is 5.75 Å². The highest BCUT2D eigenvalue weighted by atomic mass is 32.2. The van der Waals surface area contributed by atoms with Gasteiger partial charge in [-0.3, -0.25) is 9.40 Å². The fourth-order valence-electron chi connectivity index (χ4n) is 1.86. The maximum Gasteiger partial charge on any atom is 0.340 e. The number of ether oxygens (including phenoxy) is 1. The number of anilines is 1. The van der Waals surface area contributed by atoms with Gasteiger partial charge in [-0.15, -0.1) is 0 Å². The van der Waals surface area contributed by atoms with E-state index in [1.807, 2.05) is 13.8 Å². The summed E-state index contributed by atoms with van der Waals surface area (Å²) < 4.78 is 33.1. The summed E-state index contributed by atoms with van der Waals surface area (Å²) in [4.78, 5) is 11.6. The molecule has 0 fully saturated rings. The van der Waals surface area contributed by atoms with Crippen LogP contribution in [0.3, 0.4) is 0 Å². The minimum Gasteiger partial charge on any atom is -0.506 e. The lowest BCUT2D eigenvalue weighted by Crippen LogP contribution is -2.16. The van der Waals surface area contributed by atoms with Gasteiger partial charge in [0.05, 0.1) is 18.9 Å². The largest absolute Gasteiger partial charge is 0.506 e. The van der Waals surface area contributed by atoms with Crippen molar-refractivity contribution in [3.63, 3.8) is 0 Å². The molecule has 0 unspecified atom stereocenters. The monoisotopic (exact) mass is 339 g/mol. The van der Waals surface area contributed by atoms with Crippen LogP contribution in [0.1, 0.15) is 30.2 Å². The fraction of sp³-hybridized carbons (Fsp3) is 0.286. The number of hydrogen-bond donors (Lipinski definition) is 2. The summed E-state index contributed by atoms with van der Waals surface area (Å²) >= 11 is 0. The number of aromatic nitrogens is 2. The lowest BCUT2D eigenvalue weighted by molar-refractivity contribution is 0.0601. The van der Waals surface area contributed by atoms with Gasteiger partial charge >= 0.3 is 5.97 Å². The summed E-state index contributed by atoms with van der Waals surface area (Å²) in [6.07, 6.45) is 2.56. The predicted octanol–water partition coefficient (Wildman–Crippen LogP) is 1.76. The van der Waals surface area contributed by atoms with Crippen LogP contribution in [-0.2, 0) is 14.8 Å². The summed E-state index contributed by atoms with van der Waals surface area (Å²) in [6, 6.07) is 4.02. The number of carbonyl (C=O) groups is 1. The van der Waals surface area contributed by atoms with Crippen molar-refractivity contribution in [2.75, 3.05) is 11.8 Å². The van der Waals surface area contributed by atoms with E-state index >= 15 is 0 Å². The Labute approximate surface area is 133 Å². The molecule has 2 N–H and O–H groups in total. The number of carbonyl (C=O) groups excluding carboxylic acids is 1. The van der Waals surface area contributed by atoms with Crippen LogP contribution in [-0.4, -0.2) is 36.4 Å². The van der Waals surface area contributed by atoms with Crippen molar-refractivity contribution in [2.45, 2.75) is 24.8 Å². The first-order valence-corrected chi connectivity index (χ1v) is 8.22. The van der Waals surface area contributed by atoms with Crippen molar-refractivity contribution >= 4 is 21.7 Å². The lowest BCUT2D eigenvalue weighted by Gasteiger charge is -2.12. The average Bonchev–Trinajstić information content (AvgIpc) is 2.99. The van der Waals surface area contributed by atoms with E-state index in [0.717, 1.165) is 7.11 Å². The molecule has 0 atom stereocenters. The Kier molecular flexibility index (Phi) is 4.60. The first-order valence-electron chi connectivity index (χ1n) is 6.73. The average molecular weight is 339 g/mol. The molecule has 1 heterocycles. The zero-order valence-electron chi connectivity index (χ0n) is 12.8. The molecule has 0 aliphatic heterocycles. The Balaban J connectivity index is 2.43. The third-order valence-corrected chi connectivity index (χ3v) is 4.41. The number of hydrogen-bond acceptors (Lipinski definition) is 6. The summed E-state index contributed by atoms with van der Waals surface area (Å²) in [5, 5.41) is 13.8. The lowest BCUT2D eigenvalue weighted by atomic mass is 10.1. The SMILES string of the molecule is COC(=O)c1cccc(O)c1NS(=O)(=O)c1cnn(C(C)C)c1. The number of esters is 1. The zero-order chi connectivity index (χ0) is 17.2. The van der Waals surface area contributed by atoms with Gasteiger partial charge in [-0.2, -0.15) is 5.10 Å². The van der Waals surface area contributed by atoms with E-state index in [2.05, 4.69) is 14.6 Å².